The van der Waals surface area contributed by atoms with Crippen molar-refractivity contribution < 1.29 is 4.79 Å². The Labute approximate surface area is 168 Å². The van der Waals surface area contributed by atoms with E-state index in [0.717, 1.165) is 30.9 Å². The molecule has 6 heteroatoms. The van der Waals surface area contributed by atoms with Gasteiger partial charge in [0, 0.05) is 38.8 Å². The van der Waals surface area contributed by atoms with Crippen molar-refractivity contribution in [3.05, 3.63) is 35.9 Å². The summed E-state index contributed by atoms with van der Waals surface area (Å²) in [6.07, 6.45) is 2.52. The van der Waals surface area contributed by atoms with Crippen LogP contribution < -0.4 is 10.6 Å². The lowest BCUT2D eigenvalue weighted by Gasteiger charge is -2.22. The number of benzene rings is 1. The minimum absolute atomic E-state index is 0. The van der Waals surface area contributed by atoms with E-state index in [1.165, 1.54) is 12.8 Å². The molecule has 1 fully saturated rings. The first kappa shape index (κ1) is 21.7. The maximum absolute atomic E-state index is 12.0. The Hall–Kier alpha value is -1.31. The number of aliphatic imine (C=N–C) groups is 1. The molecule has 1 heterocycles. The number of nitrogens with zero attached hydrogens (tertiary/aromatic N) is 2. The SMILES string of the molecule is CN=C(NCCNC(=O)c1ccccc1)N1CCC(CC(C)C)C1.I. The molecule has 1 aliphatic rings. The minimum Gasteiger partial charge on any atom is -0.354 e. The highest BCUT2D eigenvalue weighted by Crippen LogP contribution is 2.23. The van der Waals surface area contributed by atoms with Gasteiger partial charge in [0.2, 0.25) is 0 Å². The number of guanidine groups is 1. The number of hydrogen-bond donors (Lipinski definition) is 2. The van der Waals surface area contributed by atoms with Gasteiger partial charge in [-0.15, -0.1) is 24.0 Å². The van der Waals surface area contributed by atoms with Crippen LogP contribution >= 0.6 is 24.0 Å². The van der Waals surface area contributed by atoms with E-state index in [2.05, 4.69) is 34.4 Å². The van der Waals surface area contributed by atoms with E-state index in [1.54, 1.807) is 0 Å². The molecule has 1 atom stereocenters. The molecule has 1 aromatic carbocycles. The largest absolute Gasteiger partial charge is 0.354 e. The van der Waals surface area contributed by atoms with Gasteiger partial charge < -0.3 is 15.5 Å². The first-order valence-corrected chi connectivity index (χ1v) is 8.89. The van der Waals surface area contributed by atoms with Gasteiger partial charge in [-0.3, -0.25) is 9.79 Å². The summed E-state index contributed by atoms with van der Waals surface area (Å²) in [5.74, 6) is 2.42. The Morgan fingerprint density at radius 3 is 2.56 bits per heavy atom. The van der Waals surface area contributed by atoms with Gasteiger partial charge in [-0.2, -0.15) is 0 Å². The second-order valence-electron chi connectivity index (χ2n) is 6.83. The fourth-order valence-corrected chi connectivity index (χ4v) is 3.26. The van der Waals surface area contributed by atoms with Crippen LogP contribution in [0.1, 0.15) is 37.0 Å². The normalized spacial score (nSPS) is 17.4. The first-order valence-electron chi connectivity index (χ1n) is 8.89. The van der Waals surface area contributed by atoms with E-state index in [4.69, 9.17) is 0 Å². The molecule has 1 aliphatic heterocycles. The predicted octanol–water partition coefficient (Wildman–Crippen LogP) is 2.98. The van der Waals surface area contributed by atoms with Crippen molar-refractivity contribution in [2.24, 2.45) is 16.8 Å². The molecule has 1 unspecified atom stereocenters. The average molecular weight is 458 g/mol. The van der Waals surface area contributed by atoms with Crippen LogP contribution in [-0.4, -0.2) is 50.0 Å². The topological polar surface area (TPSA) is 56.7 Å². The summed E-state index contributed by atoms with van der Waals surface area (Å²) in [5, 5.41) is 6.28. The molecule has 0 aromatic heterocycles. The Morgan fingerprint density at radius 2 is 1.92 bits per heavy atom. The maximum Gasteiger partial charge on any atom is 0.251 e. The summed E-state index contributed by atoms with van der Waals surface area (Å²) < 4.78 is 0. The van der Waals surface area contributed by atoms with Crippen molar-refractivity contribution >= 4 is 35.8 Å². The minimum atomic E-state index is -0.0365. The highest BCUT2D eigenvalue weighted by molar-refractivity contribution is 14.0. The van der Waals surface area contributed by atoms with E-state index in [0.29, 0.717) is 18.7 Å². The van der Waals surface area contributed by atoms with Crippen LogP contribution in [-0.2, 0) is 0 Å². The molecule has 1 aromatic rings. The second-order valence-corrected chi connectivity index (χ2v) is 6.83. The average Bonchev–Trinajstić information content (AvgIpc) is 3.03. The number of nitrogens with one attached hydrogen (secondary N) is 2. The van der Waals surface area contributed by atoms with E-state index < -0.39 is 0 Å². The molecule has 1 amide bonds. The van der Waals surface area contributed by atoms with Crippen LogP contribution in [0, 0.1) is 11.8 Å². The molecular formula is C19H31IN4O. The summed E-state index contributed by atoms with van der Waals surface area (Å²) in [4.78, 5) is 18.7. The van der Waals surface area contributed by atoms with Gasteiger partial charge in [-0.25, -0.2) is 0 Å². The Balaban J connectivity index is 0.00000312. The molecule has 5 nitrogen and oxygen atoms in total. The van der Waals surface area contributed by atoms with Crippen molar-refractivity contribution in [1.29, 1.82) is 0 Å². The highest BCUT2D eigenvalue weighted by Gasteiger charge is 2.25. The fraction of sp³-hybridized carbons (Fsp3) is 0.579. The Bertz CT molecular complexity index is 548. The molecule has 0 bridgehead atoms. The number of carbonyl (C=O) groups excluding carboxylic acids is 1. The number of halogens is 1. The monoisotopic (exact) mass is 458 g/mol. The Morgan fingerprint density at radius 1 is 1.24 bits per heavy atom. The van der Waals surface area contributed by atoms with Gasteiger partial charge in [-0.1, -0.05) is 32.0 Å². The van der Waals surface area contributed by atoms with Crippen LogP contribution in [0.15, 0.2) is 35.3 Å². The van der Waals surface area contributed by atoms with Crippen molar-refractivity contribution in [3.63, 3.8) is 0 Å². The van der Waals surface area contributed by atoms with E-state index in [-0.39, 0.29) is 29.9 Å². The van der Waals surface area contributed by atoms with Crippen molar-refractivity contribution in [2.45, 2.75) is 26.7 Å². The molecule has 1 saturated heterocycles. The molecule has 2 N–H and O–H groups in total. The predicted molar refractivity (Wildman–Crippen MR) is 115 cm³/mol. The third kappa shape index (κ3) is 7.22. The van der Waals surface area contributed by atoms with Crippen LogP contribution in [0.3, 0.4) is 0 Å². The van der Waals surface area contributed by atoms with Gasteiger partial charge in [0.25, 0.3) is 5.91 Å². The van der Waals surface area contributed by atoms with Gasteiger partial charge in [0.15, 0.2) is 5.96 Å². The molecule has 0 saturated carbocycles. The number of likely N-dealkylation sites (tertiary alicyclic amines) is 1. The van der Waals surface area contributed by atoms with Crippen molar-refractivity contribution in [1.82, 2.24) is 15.5 Å². The van der Waals surface area contributed by atoms with Gasteiger partial charge in [0.1, 0.15) is 0 Å². The first-order chi connectivity index (χ1) is 11.6. The van der Waals surface area contributed by atoms with Crippen molar-refractivity contribution in [2.75, 3.05) is 33.2 Å². The molecule has 0 spiro atoms. The highest BCUT2D eigenvalue weighted by atomic mass is 127. The molecule has 0 radical (unpaired) electrons. The van der Waals surface area contributed by atoms with E-state index in [1.807, 2.05) is 37.4 Å². The van der Waals surface area contributed by atoms with E-state index in [9.17, 15) is 4.79 Å². The lowest BCUT2D eigenvalue weighted by Crippen LogP contribution is -2.43. The van der Waals surface area contributed by atoms with Gasteiger partial charge in [-0.05, 0) is 36.8 Å². The number of hydrogen-bond acceptors (Lipinski definition) is 2. The number of amides is 1. The molecule has 140 valence electrons. The standard InChI is InChI=1S/C19H30N4O.HI/c1-15(2)13-16-9-12-23(14-16)19(20-3)22-11-10-21-18(24)17-7-5-4-6-8-17;/h4-8,15-16H,9-14H2,1-3H3,(H,20,22)(H,21,24);1H. The summed E-state index contributed by atoms with van der Waals surface area (Å²) in [7, 11) is 1.82. The summed E-state index contributed by atoms with van der Waals surface area (Å²) in [6, 6.07) is 9.29. The van der Waals surface area contributed by atoms with Crippen LogP contribution in [0.2, 0.25) is 0 Å². The zero-order valence-corrected chi connectivity index (χ0v) is 17.8. The van der Waals surface area contributed by atoms with Gasteiger partial charge >= 0.3 is 0 Å². The summed E-state index contributed by atoms with van der Waals surface area (Å²) >= 11 is 0. The lowest BCUT2D eigenvalue weighted by atomic mass is 9.97. The number of rotatable bonds is 6. The smallest absolute Gasteiger partial charge is 0.251 e. The maximum atomic E-state index is 12.0. The fourth-order valence-electron chi connectivity index (χ4n) is 3.26. The van der Waals surface area contributed by atoms with Gasteiger partial charge in [0.05, 0.1) is 0 Å². The van der Waals surface area contributed by atoms with Crippen LogP contribution in [0.4, 0.5) is 0 Å². The summed E-state index contributed by atoms with van der Waals surface area (Å²) in [5.41, 5.74) is 0.693. The second kappa shape index (κ2) is 11.3. The van der Waals surface area contributed by atoms with Crippen LogP contribution in [0.25, 0.3) is 0 Å². The van der Waals surface area contributed by atoms with Crippen LogP contribution in [0.5, 0.6) is 0 Å². The molecule has 25 heavy (non-hydrogen) atoms. The van der Waals surface area contributed by atoms with E-state index >= 15 is 0 Å². The molecule has 2 rings (SSSR count). The summed E-state index contributed by atoms with van der Waals surface area (Å²) in [6.45, 7) is 7.96. The molecule has 0 aliphatic carbocycles. The number of carbonyl (C=O) groups is 1. The molecular weight excluding hydrogens is 427 g/mol. The lowest BCUT2D eigenvalue weighted by molar-refractivity contribution is 0.0954. The third-order valence-electron chi connectivity index (χ3n) is 4.33. The Kier molecular flexibility index (Phi) is 9.85. The zero-order valence-electron chi connectivity index (χ0n) is 15.5. The third-order valence-corrected chi connectivity index (χ3v) is 4.33. The quantitative estimate of drug-likeness (QED) is 0.298. The van der Waals surface area contributed by atoms with Crippen molar-refractivity contribution in [3.8, 4) is 0 Å². The zero-order chi connectivity index (χ0) is 17.4.